The zero-order chi connectivity index (χ0) is 13.2. The van der Waals surface area contributed by atoms with Crippen LogP contribution < -0.4 is 34.7 Å². The predicted octanol–water partition coefficient (Wildman–Crippen LogP) is -0.531. The summed E-state index contributed by atoms with van der Waals surface area (Å²) >= 11 is 0. The number of carbonyl (C=O) groups excluding carboxylic acids is 1. The Kier molecular flexibility index (Phi) is 9.81. The molecule has 0 aliphatic carbocycles. The van der Waals surface area contributed by atoms with Gasteiger partial charge in [0.1, 0.15) is 0 Å². The molecule has 0 unspecified atom stereocenters. The SMILES string of the molecule is C=CCc1ccccc1.O=C([O-])c1ccccc1.[Na+]. The number of carbonyl (C=O) groups is 1. The molecule has 2 aromatic carbocycles. The Balaban J connectivity index is 0.000000324. The molecule has 19 heavy (non-hydrogen) atoms. The maximum absolute atomic E-state index is 10.1. The van der Waals surface area contributed by atoms with Gasteiger partial charge in [-0.05, 0) is 17.5 Å². The summed E-state index contributed by atoms with van der Waals surface area (Å²) in [6.45, 7) is 3.66. The summed E-state index contributed by atoms with van der Waals surface area (Å²) in [4.78, 5) is 10.1. The number of hydrogen-bond donors (Lipinski definition) is 0. The summed E-state index contributed by atoms with van der Waals surface area (Å²) in [7, 11) is 0. The fourth-order valence-corrected chi connectivity index (χ4v) is 1.35. The minimum absolute atomic E-state index is 0. The molecule has 0 bridgehead atoms. The molecule has 0 aliphatic heterocycles. The van der Waals surface area contributed by atoms with Crippen molar-refractivity contribution in [3.8, 4) is 0 Å². The number of allylic oxidation sites excluding steroid dienone is 1. The van der Waals surface area contributed by atoms with Gasteiger partial charge in [-0.3, -0.25) is 0 Å². The summed E-state index contributed by atoms with van der Waals surface area (Å²) in [6.07, 6.45) is 2.89. The van der Waals surface area contributed by atoms with Crippen molar-refractivity contribution in [3.05, 3.63) is 84.4 Å². The standard InChI is InChI=1S/C9H10.C7H6O2.Na/c1-2-6-9-7-4-3-5-8-9;8-7(9)6-4-2-1-3-5-6;/h2-5,7-8H,1,6H2;1-5H,(H,8,9);/q;;+1/p-1. The zero-order valence-electron chi connectivity index (χ0n) is 11.1. The van der Waals surface area contributed by atoms with E-state index in [-0.39, 0.29) is 35.1 Å². The fourth-order valence-electron chi connectivity index (χ4n) is 1.35. The van der Waals surface area contributed by atoms with Crippen LogP contribution in [-0.2, 0) is 6.42 Å². The first-order valence-electron chi connectivity index (χ1n) is 5.65. The van der Waals surface area contributed by atoms with E-state index in [0.717, 1.165) is 6.42 Å². The van der Waals surface area contributed by atoms with Crippen molar-refractivity contribution in [2.75, 3.05) is 0 Å². The third kappa shape index (κ3) is 7.62. The van der Waals surface area contributed by atoms with Crippen LogP contribution in [0.3, 0.4) is 0 Å². The maximum Gasteiger partial charge on any atom is 1.00 e. The van der Waals surface area contributed by atoms with Crippen LogP contribution in [0.5, 0.6) is 0 Å². The van der Waals surface area contributed by atoms with Gasteiger partial charge in [-0.2, -0.15) is 0 Å². The van der Waals surface area contributed by atoms with Gasteiger partial charge in [0, 0.05) is 0 Å². The molecule has 2 rings (SSSR count). The molecule has 0 heterocycles. The minimum Gasteiger partial charge on any atom is -0.545 e. The minimum atomic E-state index is -1.13. The molecule has 0 radical (unpaired) electrons. The smallest absolute Gasteiger partial charge is 0.545 e. The zero-order valence-corrected chi connectivity index (χ0v) is 13.1. The molecule has 0 aliphatic rings. The fraction of sp³-hybridized carbons (Fsp3) is 0.0625. The van der Waals surface area contributed by atoms with E-state index in [1.807, 2.05) is 24.3 Å². The molecular formula is C16H15NaO2. The van der Waals surface area contributed by atoms with Gasteiger partial charge in [0.05, 0.1) is 5.97 Å². The van der Waals surface area contributed by atoms with E-state index in [1.54, 1.807) is 18.2 Å². The average Bonchev–Trinajstić information content (AvgIpc) is 2.42. The molecule has 3 heteroatoms. The number of aromatic carboxylic acids is 1. The summed E-state index contributed by atoms with van der Waals surface area (Å²) in [6, 6.07) is 18.4. The number of hydrogen-bond acceptors (Lipinski definition) is 2. The van der Waals surface area contributed by atoms with Crippen LogP contribution in [-0.4, -0.2) is 5.97 Å². The van der Waals surface area contributed by atoms with Crippen LogP contribution in [0, 0.1) is 0 Å². The second-order valence-corrected chi connectivity index (χ2v) is 3.63. The Labute approximate surface area is 136 Å². The van der Waals surface area contributed by atoms with Gasteiger partial charge < -0.3 is 9.90 Å². The van der Waals surface area contributed by atoms with Gasteiger partial charge in [-0.25, -0.2) is 0 Å². The largest absolute Gasteiger partial charge is 1.00 e. The number of benzene rings is 2. The quantitative estimate of drug-likeness (QED) is 0.551. The maximum atomic E-state index is 10.1. The normalized spacial score (nSPS) is 8.42. The first-order valence-corrected chi connectivity index (χ1v) is 5.65. The van der Waals surface area contributed by atoms with E-state index < -0.39 is 5.97 Å². The molecule has 0 fully saturated rings. The monoisotopic (exact) mass is 262 g/mol. The van der Waals surface area contributed by atoms with Crippen molar-refractivity contribution >= 4 is 5.97 Å². The Morgan fingerprint density at radius 3 is 1.84 bits per heavy atom. The van der Waals surface area contributed by atoms with E-state index in [1.165, 1.54) is 17.7 Å². The van der Waals surface area contributed by atoms with Crippen molar-refractivity contribution in [1.82, 2.24) is 0 Å². The van der Waals surface area contributed by atoms with Crippen LogP contribution in [0.4, 0.5) is 0 Å². The Bertz CT molecular complexity index is 481. The predicted molar refractivity (Wildman–Crippen MR) is 71.1 cm³/mol. The molecule has 0 spiro atoms. The summed E-state index contributed by atoms with van der Waals surface area (Å²) in [5.41, 5.74) is 1.55. The van der Waals surface area contributed by atoms with Crippen molar-refractivity contribution in [2.45, 2.75) is 6.42 Å². The summed E-state index contributed by atoms with van der Waals surface area (Å²) in [5, 5.41) is 10.1. The Hall–Kier alpha value is -1.35. The molecule has 2 nitrogen and oxygen atoms in total. The average molecular weight is 262 g/mol. The second-order valence-electron chi connectivity index (χ2n) is 3.63. The van der Waals surface area contributed by atoms with E-state index in [4.69, 9.17) is 0 Å². The molecule has 0 N–H and O–H groups in total. The van der Waals surface area contributed by atoms with E-state index in [0.29, 0.717) is 0 Å². The van der Waals surface area contributed by atoms with Gasteiger partial charge in [0.25, 0.3) is 0 Å². The molecule has 2 aromatic rings. The van der Waals surface area contributed by atoms with Crippen molar-refractivity contribution in [3.63, 3.8) is 0 Å². The van der Waals surface area contributed by atoms with Crippen molar-refractivity contribution in [1.29, 1.82) is 0 Å². The third-order valence-corrected chi connectivity index (χ3v) is 2.23. The van der Waals surface area contributed by atoms with E-state index in [2.05, 4.69) is 18.7 Å². The second kappa shape index (κ2) is 10.6. The van der Waals surface area contributed by atoms with Crippen LogP contribution in [0.25, 0.3) is 0 Å². The van der Waals surface area contributed by atoms with E-state index >= 15 is 0 Å². The molecule has 0 atom stereocenters. The number of carboxylic acid groups (broad SMARTS) is 1. The van der Waals surface area contributed by atoms with Crippen LogP contribution in [0.1, 0.15) is 15.9 Å². The molecular weight excluding hydrogens is 247 g/mol. The van der Waals surface area contributed by atoms with Crippen molar-refractivity contribution < 1.29 is 39.5 Å². The Morgan fingerprint density at radius 2 is 1.47 bits per heavy atom. The summed E-state index contributed by atoms with van der Waals surface area (Å²) < 4.78 is 0. The van der Waals surface area contributed by atoms with E-state index in [9.17, 15) is 9.90 Å². The molecule has 0 amide bonds. The van der Waals surface area contributed by atoms with Gasteiger partial charge >= 0.3 is 29.6 Å². The topological polar surface area (TPSA) is 40.1 Å². The first kappa shape index (κ1) is 17.6. The van der Waals surface area contributed by atoms with Crippen molar-refractivity contribution in [2.24, 2.45) is 0 Å². The third-order valence-electron chi connectivity index (χ3n) is 2.23. The Morgan fingerprint density at radius 1 is 1.00 bits per heavy atom. The summed E-state index contributed by atoms with van der Waals surface area (Å²) in [5.74, 6) is -1.13. The van der Waals surface area contributed by atoms with Crippen LogP contribution in [0.2, 0.25) is 0 Å². The molecule has 0 saturated heterocycles. The number of carboxylic acids is 1. The van der Waals surface area contributed by atoms with Gasteiger partial charge in [0.2, 0.25) is 0 Å². The number of rotatable bonds is 3. The molecule has 0 saturated carbocycles. The first-order chi connectivity index (χ1) is 8.74. The molecule has 92 valence electrons. The van der Waals surface area contributed by atoms with Gasteiger partial charge in [-0.1, -0.05) is 66.7 Å². The molecule has 0 aromatic heterocycles. The van der Waals surface area contributed by atoms with Crippen LogP contribution in [0.15, 0.2) is 73.3 Å². The van der Waals surface area contributed by atoms with Crippen LogP contribution >= 0.6 is 0 Å². The van der Waals surface area contributed by atoms with Gasteiger partial charge in [0.15, 0.2) is 0 Å². The van der Waals surface area contributed by atoms with Gasteiger partial charge in [-0.15, -0.1) is 6.58 Å².